The second-order valence-electron chi connectivity index (χ2n) is 7.90. The molecule has 0 aliphatic carbocycles. The Morgan fingerprint density at radius 2 is 2.07 bits per heavy atom. The lowest BCUT2D eigenvalue weighted by Crippen LogP contribution is -2.54. The van der Waals surface area contributed by atoms with Crippen LogP contribution in [-0.4, -0.2) is 56.8 Å². The summed E-state index contributed by atoms with van der Waals surface area (Å²) in [4.78, 5) is 14.5. The van der Waals surface area contributed by atoms with Crippen LogP contribution in [0.3, 0.4) is 0 Å². The molecule has 0 saturated carbocycles. The number of hydrogen-bond donors (Lipinski definition) is 2. The summed E-state index contributed by atoms with van der Waals surface area (Å²) >= 11 is 0. The molecule has 2 N–H and O–H groups in total. The number of piperazine rings is 1. The maximum Gasteiger partial charge on any atom is 0.153 e. The summed E-state index contributed by atoms with van der Waals surface area (Å²) in [6, 6.07) is 11.5. The van der Waals surface area contributed by atoms with E-state index in [1.807, 2.05) is 19.1 Å². The van der Waals surface area contributed by atoms with Gasteiger partial charge in [-0.25, -0.2) is 4.98 Å². The zero-order valence-electron chi connectivity index (χ0n) is 16.5. The van der Waals surface area contributed by atoms with Gasteiger partial charge in [0.25, 0.3) is 0 Å². The zero-order chi connectivity index (χ0) is 19.8. The number of fused-ring (bicyclic) bond motifs is 3. The third-order valence-electron chi connectivity index (χ3n) is 5.97. The first-order chi connectivity index (χ1) is 14.2. The molecule has 2 fully saturated rings. The SMILES string of the molecule is Cc1cc(Nc2cnc3cccc(N4CC5CC[C@@H](C4)N5CCC#N)c3n2)n[nH]1. The molecule has 1 unspecified atom stereocenters. The van der Waals surface area contributed by atoms with Gasteiger partial charge in [-0.15, -0.1) is 0 Å². The van der Waals surface area contributed by atoms with Gasteiger partial charge in [-0.1, -0.05) is 6.07 Å². The summed E-state index contributed by atoms with van der Waals surface area (Å²) in [6.07, 6.45) is 4.76. The molecular formula is C21H24N8. The molecule has 3 aromatic rings. The molecular weight excluding hydrogens is 364 g/mol. The van der Waals surface area contributed by atoms with Crippen LogP contribution in [0.4, 0.5) is 17.3 Å². The van der Waals surface area contributed by atoms with E-state index in [1.165, 1.54) is 12.8 Å². The fourth-order valence-corrected chi connectivity index (χ4v) is 4.68. The standard InChI is InChI=1S/C21H24N8/c1-14-10-19(27-26-14)24-20-11-23-17-4-2-5-18(21(17)25-20)28-12-15-6-7-16(13-28)29(15)9-3-8-22/h2,4-5,10-11,15-16H,3,6-7,9,12-13H2,1H3,(H2,24,25,26,27)/t15-,16?/m0/s1. The van der Waals surface area contributed by atoms with Crippen molar-refractivity contribution in [2.24, 2.45) is 0 Å². The van der Waals surface area contributed by atoms with E-state index in [2.05, 4.69) is 48.5 Å². The quantitative estimate of drug-likeness (QED) is 0.693. The molecule has 0 radical (unpaired) electrons. The van der Waals surface area contributed by atoms with Crippen molar-refractivity contribution >= 4 is 28.4 Å². The van der Waals surface area contributed by atoms with Gasteiger partial charge in [0.05, 0.1) is 23.5 Å². The zero-order valence-corrected chi connectivity index (χ0v) is 16.5. The average molecular weight is 388 g/mol. The van der Waals surface area contributed by atoms with E-state index in [9.17, 15) is 0 Å². The maximum atomic E-state index is 8.96. The summed E-state index contributed by atoms with van der Waals surface area (Å²) in [5.74, 6) is 1.42. The lowest BCUT2D eigenvalue weighted by atomic mass is 10.1. The predicted octanol–water partition coefficient (Wildman–Crippen LogP) is 2.97. The van der Waals surface area contributed by atoms with Gasteiger partial charge in [0.15, 0.2) is 11.6 Å². The van der Waals surface area contributed by atoms with Crippen LogP contribution >= 0.6 is 0 Å². The monoisotopic (exact) mass is 388 g/mol. The Hall–Kier alpha value is -3.18. The van der Waals surface area contributed by atoms with Crippen molar-refractivity contribution in [3.05, 3.63) is 36.2 Å². The number of aromatic amines is 1. The molecule has 2 saturated heterocycles. The van der Waals surface area contributed by atoms with E-state index in [-0.39, 0.29) is 0 Å². The Morgan fingerprint density at radius 3 is 2.79 bits per heavy atom. The van der Waals surface area contributed by atoms with Gasteiger partial charge >= 0.3 is 0 Å². The Kier molecular flexibility index (Phi) is 4.52. The molecule has 2 aromatic heterocycles. The second-order valence-corrected chi connectivity index (χ2v) is 7.90. The lowest BCUT2D eigenvalue weighted by molar-refractivity contribution is 0.173. The van der Waals surface area contributed by atoms with Crippen molar-refractivity contribution in [3.63, 3.8) is 0 Å². The first-order valence-electron chi connectivity index (χ1n) is 10.1. The molecule has 8 heteroatoms. The van der Waals surface area contributed by atoms with E-state index in [0.29, 0.717) is 24.3 Å². The smallest absolute Gasteiger partial charge is 0.153 e. The van der Waals surface area contributed by atoms with Crippen molar-refractivity contribution in [2.45, 2.75) is 38.3 Å². The van der Waals surface area contributed by atoms with Gasteiger partial charge in [-0.05, 0) is 31.9 Å². The maximum absolute atomic E-state index is 8.96. The molecule has 2 aliphatic heterocycles. The molecule has 1 aromatic carbocycles. The van der Waals surface area contributed by atoms with Crippen molar-refractivity contribution in [2.75, 3.05) is 29.9 Å². The number of H-pyrrole nitrogens is 1. The van der Waals surface area contributed by atoms with Crippen LogP contribution in [0.1, 0.15) is 25.0 Å². The molecule has 2 bridgehead atoms. The minimum Gasteiger partial charge on any atom is -0.367 e. The number of anilines is 3. The molecule has 29 heavy (non-hydrogen) atoms. The number of nitriles is 1. The lowest BCUT2D eigenvalue weighted by Gasteiger charge is -2.42. The number of rotatable bonds is 5. The second kappa shape index (κ2) is 7.33. The van der Waals surface area contributed by atoms with Crippen molar-refractivity contribution < 1.29 is 0 Å². The van der Waals surface area contributed by atoms with Gasteiger partial charge in [-0.2, -0.15) is 10.4 Å². The summed E-state index contributed by atoms with van der Waals surface area (Å²) in [6.45, 7) is 4.79. The van der Waals surface area contributed by atoms with E-state index in [1.54, 1.807) is 6.20 Å². The number of nitrogens with zero attached hydrogens (tertiary/aromatic N) is 6. The van der Waals surface area contributed by atoms with Crippen molar-refractivity contribution in [3.8, 4) is 6.07 Å². The van der Waals surface area contributed by atoms with Gasteiger partial charge in [-0.3, -0.25) is 15.0 Å². The van der Waals surface area contributed by atoms with Gasteiger partial charge in [0, 0.05) is 49.9 Å². The van der Waals surface area contributed by atoms with Crippen LogP contribution in [0.5, 0.6) is 0 Å². The molecule has 2 aliphatic rings. The minimum atomic E-state index is 0.513. The number of aryl methyl sites for hydroxylation is 1. The van der Waals surface area contributed by atoms with Gasteiger partial charge in [0.2, 0.25) is 0 Å². The highest BCUT2D eigenvalue weighted by atomic mass is 15.3. The molecule has 8 nitrogen and oxygen atoms in total. The van der Waals surface area contributed by atoms with Crippen LogP contribution in [0, 0.1) is 18.3 Å². The fourth-order valence-electron chi connectivity index (χ4n) is 4.68. The molecule has 4 heterocycles. The number of aromatic nitrogens is 4. The van der Waals surface area contributed by atoms with Crippen LogP contribution < -0.4 is 10.2 Å². The van der Waals surface area contributed by atoms with E-state index >= 15 is 0 Å². The third-order valence-corrected chi connectivity index (χ3v) is 5.97. The first kappa shape index (κ1) is 17.9. The van der Waals surface area contributed by atoms with Crippen molar-refractivity contribution in [1.82, 2.24) is 25.1 Å². The average Bonchev–Trinajstić information content (AvgIpc) is 3.24. The Bertz CT molecular complexity index is 1050. The molecule has 2 atom stereocenters. The molecule has 0 amide bonds. The highest BCUT2D eigenvalue weighted by Crippen LogP contribution is 2.35. The molecule has 148 valence electrons. The van der Waals surface area contributed by atoms with Gasteiger partial charge < -0.3 is 10.2 Å². The number of benzene rings is 1. The normalized spacial score (nSPS) is 21.4. The Morgan fingerprint density at radius 1 is 1.24 bits per heavy atom. The van der Waals surface area contributed by atoms with Crippen molar-refractivity contribution in [1.29, 1.82) is 5.26 Å². The number of para-hydroxylation sites is 1. The van der Waals surface area contributed by atoms with Crippen LogP contribution in [-0.2, 0) is 0 Å². The topological polar surface area (TPSA) is 96.8 Å². The predicted molar refractivity (Wildman–Crippen MR) is 112 cm³/mol. The largest absolute Gasteiger partial charge is 0.367 e. The Labute approximate surface area is 169 Å². The van der Waals surface area contributed by atoms with Crippen LogP contribution in [0.25, 0.3) is 11.0 Å². The highest BCUT2D eigenvalue weighted by molar-refractivity contribution is 5.89. The van der Waals surface area contributed by atoms with E-state index < -0.39 is 0 Å². The summed E-state index contributed by atoms with van der Waals surface area (Å²) in [5.41, 5.74) is 3.93. The third kappa shape index (κ3) is 3.38. The molecule has 5 rings (SSSR count). The first-order valence-corrected chi connectivity index (χ1v) is 10.1. The van der Waals surface area contributed by atoms with Gasteiger partial charge in [0.1, 0.15) is 5.52 Å². The molecule has 0 spiro atoms. The van der Waals surface area contributed by atoms with E-state index in [4.69, 9.17) is 10.2 Å². The number of nitrogens with one attached hydrogen (secondary N) is 2. The summed E-state index contributed by atoms with van der Waals surface area (Å²) in [7, 11) is 0. The fraction of sp³-hybridized carbons (Fsp3) is 0.429. The van der Waals surface area contributed by atoms with E-state index in [0.717, 1.165) is 47.9 Å². The summed E-state index contributed by atoms with van der Waals surface area (Å²) in [5, 5.41) is 19.3. The Balaban J connectivity index is 1.43. The van der Waals surface area contributed by atoms with Crippen LogP contribution in [0.15, 0.2) is 30.5 Å². The highest BCUT2D eigenvalue weighted by Gasteiger charge is 2.39. The summed E-state index contributed by atoms with van der Waals surface area (Å²) < 4.78 is 0. The minimum absolute atomic E-state index is 0.513. The number of hydrogen-bond acceptors (Lipinski definition) is 7. The van der Waals surface area contributed by atoms with Crippen LogP contribution in [0.2, 0.25) is 0 Å².